The minimum Gasteiger partial charge on any atom is -0.464 e. The molecule has 0 saturated heterocycles. The summed E-state index contributed by atoms with van der Waals surface area (Å²) in [6, 6.07) is 15.4. The molecule has 7 heteroatoms. The second-order valence-electron chi connectivity index (χ2n) is 7.07. The van der Waals surface area contributed by atoms with Gasteiger partial charge in [0.15, 0.2) is 0 Å². The Morgan fingerprint density at radius 1 is 1.10 bits per heavy atom. The number of anilines is 1. The van der Waals surface area contributed by atoms with Crippen LogP contribution in [0, 0.1) is 20.8 Å². The lowest BCUT2D eigenvalue weighted by molar-refractivity contribution is 0.102. The van der Waals surface area contributed by atoms with E-state index >= 15 is 0 Å². The molecule has 30 heavy (non-hydrogen) atoms. The highest BCUT2D eigenvalue weighted by Gasteiger charge is 2.16. The van der Waals surface area contributed by atoms with Gasteiger partial charge in [0.2, 0.25) is 0 Å². The maximum Gasteiger partial charge on any atom is 0.259 e. The van der Waals surface area contributed by atoms with Gasteiger partial charge in [0.25, 0.3) is 5.91 Å². The molecule has 0 radical (unpaired) electrons. The Morgan fingerprint density at radius 2 is 1.97 bits per heavy atom. The molecule has 152 valence electrons. The largest absolute Gasteiger partial charge is 0.464 e. The van der Waals surface area contributed by atoms with Crippen molar-refractivity contribution in [2.45, 2.75) is 37.2 Å². The van der Waals surface area contributed by atoms with Gasteiger partial charge in [-0.15, -0.1) is 0 Å². The van der Waals surface area contributed by atoms with Crippen molar-refractivity contribution < 1.29 is 9.21 Å². The number of benzene rings is 1. The van der Waals surface area contributed by atoms with Crippen LogP contribution >= 0.6 is 11.8 Å². The Balaban J connectivity index is 1.55. The van der Waals surface area contributed by atoms with E-state index in [4.69, 9.17) is 4.42 Å². The van der Waals surface area contributed by atoms with Gasteiger partial charge in [-0.3, -0.25) is 4.79 Å². The standard InChI is InChI=1S/C23H22N4O2S/c1-15-6-7-16(2)20(13-15)30-23-19(5-4-11-24-23)22(28)26-21-10-12-25-27(21)14-18-9-8-17(3)29-18/h4-13H,14H2,1-3H3,(H,26,28). The van der Waals surface area contributed by atoms with Crippen LogP contribution < -0.4 is 5.32 Å². The van der Waals surface area contributed by atoms with E-state index in [1.165, 1.54) is 17.3 Å². The van der Waals surface area contributed by atoms with E-state index in [-0.39, 0.29) is 5.91 Å². The predicted molar refractivity (Wildman–Crippen MR) is 117 cm³/mol. The summed E-state index contributed by atoms with van der Waals surface area (Å²) in [6.07, 6.45) is 3.36. The number of nitrogens with one attached hydrogen (secondary N) is 1. The average Bonchev–Trinajstić information content (AvgIpc) is 3.34. The van der Waals surface area contributed by atoms with Crippen molar-refractivity contribution in [2.75, 3.05) is 5.32 Å². The van der Waals surface area contributed by atoms with Crippen LogP contribution in [0.2, 0.25) is 0 Å². The minimum atomic E-state index is -0.228. The fourth-order valence-corrected chi connectivity index (χ4v) is 4.10. The van der Waals surface area contributed by atoms with E-state index in [0.717, 1.165) is 22.0 Å². The second kappa shape index (κ2) is 8.59. The number of pyridine rings is 1. The molecule has 0 fully saturated rings. The monoisotopic (exact) mass is 418 g/mol. The van der Waals surface area contributed by atoms with Crippen molar-refractivity contribution in [2.24, 2.45) is 0 Å². The molecule has 3 heterocycles. The van der Waals surface area contributed by atoms with Gasteiger partial charge in [0.1, 0.15) is 28.9 Å². The number of hydrogen-bond acceptors (Lipinski definition) is 5. The smallest absolute Gasteiger partial charge is 0.259 e. The van der Waals surface area contributed by atoms with E-state index in [2.05, 4.69) is 47.4 Å². The maximum absolute atomic E-state index is 13.1. The normalized spacial score (nSPS) is 10.9. The third kappa shape index (κ3) is 4.46. The summed E-state index contributed by atoms with van der Waals surface area (Å²) in [7, 11) is 0. The van der Waals surface area contributed by atoms with Gasteiger partial charge in [-0.25, -0.2) is 9.67 Å². The van der Waals surface area contributed by atoms with E-state index in [1.807, 2.05) is 19.1 Å². The van der Waals surface area contributed by atoms with Crippen LogP contribution in [0.4, 0.5) is 5.82 Å². The molecule has 4 rings (SSSR count). The number of hydrogen-bond donors (Lipinski definition) is 1. The number of furan rings is 1. The highest BCUT2D eigenvalue weighted by Crippen LogP contribution is 2.32. The number of aromatic nitrogens is 3. The molecule has 0 saturated carbocycles. The zero-order valence-corrected chi connectivity index (χ0v) is 17.9. The van der Waals surface area contributed by atoms with Crippen LogP contribution in [-0.2, 0) is 6.54 Å². The van der Waals surface area contributed by atoms with E-state index in [9.17, 15) is 4.79 Å². The third-order valence-electron chi connectivity index (χ3n) is 4.63. The zero-order chi connectivity index (χ0) is 21.1. The quantitative estimate of drug-likeness (QED) is 0.463. The summed E-state index contributed by atoms with van der Waals surface area (Å²) in [5, 5.41) is 7.92. The van der Waals surface area contributed by atoms with Gasteiger partial charge in [0, 0.05) is 17.2 Å². The molecular formula is C23H22N4O2S. The first-order valence-corrected chi connectivity index (χ1v) is 10.4. The molecule has 0 aliphatic carbocycles. The summed E-state index contributed by atoms with van der Waals surface area (Å²) < 4.78 is 7.32. The van der Waals surface area contributed by atoms with Crippen LogP contribution in [0.3, 0.4) is 0 Å². The topological polar surface area (TPSA) is 73.0 Å². The first-order valence-electron chi connectivity index (χ1n) is 9.58. The lowest BCUT2D eigenvalue weighted by Gasteiger charge is -2.11. The second-order valence-corrected chi connectivity index (χ2v) is 8.10. The molecule has 6 nitrogen and oxygen atoms in total. The molecule has 0 bridgehead atoms. The Labute approximate surface area is 179 Å². The molecule has 0 spiro atoms. The van der Waals surface area contributed by atoms with Gasteiger partial charge < -0.3 is 9.73 Å². The van der Waals surface area contributed by atoms with Crippen LogP contribution in [-0.4, -0.2) is 20.7 Å². The first-order chi connectivity index (χ1) is 14.5. The molecule has 1 N–H and O–H groups in total. The molecule has 0 aliphatic heterocycles. The summed E-state index contributed by atoms with van der Waals surface area (Å²) >= 11 is 1.50. The number of aryl methyl sites for hydroxylation is 3. The lowest BCUT2D eigenvalue weighted by atomic mass is 10.2. The van der Waals surface area contributed by atoms with Crippen molar-refractivity contribution >= 4 is 23.5 Å². The number of nitrogens with zero attached hydrogens (tertiary/aromatic N) is 3. The van der Waals surface area contributed by atoms with Crippen LogP contribution in [0.1, 0.15) is 33.0 Å². The molecule has 0 aliphatic rings. The summed E-state index contributed by atoms with van der Waals surface area (Å²) in [5.74, 6) is 1.99. The van der Waals surface area contributed by atoms with Gasteiger partial charge in [-0.1, -0.05) is 23.9 Å². The van der Waals surface area contributed by atoms with Crippen LogP contribution in [0.25, 0.3) is 0 Å². The zero-order valence-electron chi connectivity index (χ0n) is 17.0. The van der Waals surface area contributed by atoms with Crippen molar-refractivity contribution in [1.29, 1.82) is 0 Å². The summed E-state index contributed by atoms with van der Waals surface area (Å²) in [6.45, 7) is 6.44. The minimum absolute atomic E-state index is 0.228. The summed E-state index contributed by atoms with van der Waals surface area (Å²) in [4.78, 5) is 18.6. The highest BCUT2D eigenvalue weighted by atomic mass is 32.2. The molecule has 3 aromatic heterocycles. The van der Waals surface area contributed by atoms with Crippen LogP contribution in [0.15, 0.2) is 75.3 Å². The molecule has 0 atom stereocenters. The molecule has 1 aromatic carbocycles. The van der Waals surface area contributed by atoms with E-state index in [1.54, 1.807) is 35.3 Å². The van der Waals surface area contributed by atoms with Crippen molar-refractivity contribution in [3.8, 4) is 0 Å². The predicted octanol–water partition coefficient (Wildman–Crippen LogP) is 5.25. The van der Waals surface area contributed by atoms with Gasteiger partial charge in [-0.05, 0) is 62.2 Å². The van der Waals surface area contributed by atoms with Gasteiger partial charge in [-0.2, -0.15) is 5.10 Å². The lowest BCUT2D eigenvalue weighted by Crippen LogP contribution is -2.17. The molecule has 1 amide bonds. The molecule has 4 aromatic rings. The Kier molecular flexibility index (Phi) is 5.72. The SMILES string of the molecule is Cc1ccc(C)c(Sc2ncccc2C(=O)Nc2ccnn2Cc2ccc(C)o2)c1. The van der Waals surface area contributed by atoms with Crippen LogP contribution in [0.5, 0.6) is 0 Å². The van der Waals surface area contributed by atoms with E-state index < -0.39 is 0 Å². The summed E-state index contributed by atoms with van der Waals surface area (Å²) in [5.41, 5.74) is 2.83. The first kappa shape index (κ1) is 20.0. The van der Waals surface area contributed by atoms with E-state index in [0.29, 0.717) is 23.0 Å². The number of carbonyl (C=O) groups excluding carboxylic acids is 1. The fraction of sp³-hybridized carbons (Fsp3) is 0.174. The van der Waals surface area contributed by atoms with Crippen molar-refractivity contribution in [3.05, 3.63) is 89.1 Å². The Bertz CT molecular complexity index is 1200. The number of amides is 1. The van der Waals surface area contributed by atoms with Gasteiger partial charge >= 0.3 is 0 Å². The Morgan fingerprint density at radius 3 is 2.77 bits per heavy atom. The molecule has 0 unspecified atom stereocenters. The molecular weight excluding hydrogens is 396 g/mol. The highest BCUT2D eigenvalue weighted by molar-refractivity contribution is 7.99. The maximum atomic E-state index is 13.1. The fourth-order valence-electron chi connectivity index (χ4n) is 3.03. The average molecular weight is 419 g/mol. The van der Waals surface area contributed by atoms with Crippen molar-refractivity contribution in [1.82, 2.24) is 14.8 Å². The van der Waals surface area contributed by atoms with Gasteiger partial charge in [0.05, 0.1) is 11.8 Å². The third-order valence-corrected chi connectivity index (χ3v) is 5.80. The number of rotatable bonds is 6. The number of carbonyl (C=O) groups is 1. The Hall–Kier alpha value is -3.32. The van der Waals surface area contributed by atoms with Crippen molar-refractivity contribution in [3.63, 3.8) is 0 Å².